The highest BCUT2D eigenvalue weighted by atomic mass is 16.5. The van der Waals surface area contributed by atoms with Crippen molar-refractivity contribution in [1.82, 2.24) is 0 Å². The topological polar surface area (TPSA) is 90.9 Å². The van der Waals surface area contributed by atoms with E-state index in [0.29, 0.717) is 29.4 Å². The van der Waals surface area contributed by atoms with Gasteiger partial charge in [-0.3, -0.25) is 14.4 Å². The van der Waals surface area contributed by atoms with Crippen molar-refractivity contribution in [3.63, 3.8) is 0 Å². The molecule has 0 aromatic heterocycles. The average molecular weight is 399 g/mol. The number of anilines is 1. The van der Waals surface area contributed by atoms with Gasteiger partial charge >= 0.3 is 5.97 Å². The normalized spacial score (nSPS) is 10.2. The minimum Gasteiger partial charge on any atom is -0.495 e. The minimum absolute atomic E-state index is 0.000136. The number of carbonyl (C=O) groups excluding carboxylic acids is 3. The van der Waals surface area contributed by atoms with Crippen LogP contribution < -0.4 is 14.8 Å². The maximum absolute atomic E-state index is 12.2. The molecule has 1 N–H and O–H groups in total. The zero-order chi connectivity index (χ0) is 21.2. The second-order valence-corrected chi connectivity index (χ2v) is 6.29. The molecule has 0 aliphatic rings. The number of benzene rings is 2. The molecule has 0 unspecified atom stereocenters. The van der Waals surface area contributed by atoms with E-state index < -0.39 is 18.5 Å². The van der Waals surface area contributed by atoms with Crippen LogP contribution in [-0.2, 0) is 14.3 Å². The SMILES string of the molecule is CCOc1ccc(C(=O)CCC(=O)OCC(=O)Nc2cc(C)ccc2OC)cc1. The first kappa shape index (κ1) is 21.9. The van der Waals surface area contributed by atoms with Crippen LogP contribution in [0.3, 0.4) is 0 Å². The van der Waals surface area contributed by atoms with Gasteiger partial charge in [0.25, 0.3) is 5.91 Å². The number of amides is 1. The molecule has 0 saturated carbocycles. The Balaban J connectivity index is 1.77. The Bertz CT molecular complexity index is 860. The first-order valence-electron chi connectivity index (χ1n) is 9.29. The van der Waals surface area contributed by atoms with Gasteiger partial charge < -0.3 is 19.5 Å². The van der Waals surface area contributed by atoms with Crippen molar-refractivity contribution in [2.24, 2.45) is 0 Å². The molecule has 2 aromatic carbocycles. The van der Waals surface area contributed by atoms with Crippen molar-refractivity contribution in [2.75, 3.05) is 25.6 Å². The second kappa shape index (κ2) is 10.8. The van der Waals surface area contributed by atoms with Crippen molar-refractivity contribution in [3.8, 4) is 11.5 Å². The third kappa shape index (κ3) is 6.95. The third-order valence-corrected chi connectivity index (χ3v) is 4.04. The van der Waals surface area contributed by atoms with E-state index >= 15 is 0 Å². The van der Waals surface area contributed by atoms with Crippen LogP contribution in [-0.4, -0.2) is 38.0 Å². The second-order valence-electron chi connectivity index (χ2n) is 6.29. The van der Waals surface area contributed by atoms with E-state index in [1.807, 2.05) is 19.9 Å². The van der Waals surface area contributed by atoms with Crippen molar-refractivity contribution in [1.29, 1.82) is 0 Å². The number of nitrogens with one attached hydrogen (secondary N) is 1. The summed E-state index contributed by atoms with van der Waals surface area (Å²) in [6.07, 6.45) is -0.104. The van der Waals surface area contributed by atoms with Gasteiger partial charge in [-0.25, -0.2) is 0 Å². The fourth-order valence-electron chi connectivity index (χ4n) is 2.59. The number of methoxy groups -OCH3 is 1. The van der Waals surface area contributed by atoms with Gasteiger partial charge in [-0.2, -0.15) is 0 Å². The molecule has 154 valence electrons. The van der Waals surface area contributed by atoms with Gasteiger partial charge in [0.05, 0.1) is 25.8 Å². The van der Waals surface area contributed by atoms with Crippen LogP contribution in [0.4, 0.5) is 5.69 Å². The Morgan fingerprint density at radius 1 is 1.00 bits per heavy atom. The number of esters is 1. The number of rotatable bonds is 10. The molecular weight excluding hydrogens is 374 g/mol. The zero-order valence-corrected chi connectivity index (χ0v) is 16.8. The maximum Gasteiger partial charge on any atom is 0.306 e. The van der Waals surface area contributed by atoms with Gasteiger partial charge in [0.2, 0.25) is 0 Å². The maximum atomic E-state index is 12.2. The van der Waals surface area contributed by atoms with E-state index in [0.717, 1.165) is 5.56 Å². The molecule has 2 rings (SSSR count). The van der Waals surface area contributed by atoms with Gasteiger partial charge in [-0.15, -0.1) is 0 Å². The Hall–Kier alpha value is -3.35. The fourth-order valence-corrected chi connectivity index (χ4v) is 2.59. The quantitative estimate of drug-likeness (QED) is 0.485. The molecule has 0 bridgehead atoms. The van der Waals surface area contributed by atoms with Crippen molar-refractivity contribution >= 4 is 23.3 Å². The molecule has 29 heavy (non-hydrogen) atoms. The number of aryl methyl sites for hydroxylation is 1. The summed E-state index contributed by atoms with van der Waals surface area (Å²) in [7, 11) is 1.50. The summed E-state index contributed by atoms with van der Waals surface area (Å²) in [5.41, 5.74) is 1.94. The van der Waals surface area contributed by atoms with Gasteiger partial charge in [0.1, 0.15) is 11.5 Å². The van der Waals surface area contributed by atoms with E-state index in [4.69, 9.17) is 14.2 Å². The largest absolute Gasteiger partial charge is 0.495 e. The van der Waals surface area contributed by atoms with E-state index in [9.17, 15) is 14.4 Å². The Morgan fingerprint density at radius 3 is 2.38 bits per heavy atom. The lowest BCUT2D eigenvalue weighted by molar-refractivity contribution is -0.147. The van der Waals surface area contributed by atoms with Gasteiger partial charge in [0, 0.05) is 12.0 Å². The predicted octanol–water partition coefficient (Wildman–Crippen LogP) is 3.55. The molecule has 0 aliphatic heterocycles. The van der Waals surface area contributed by atoms with E-state index in [-0.39, 0.29) is 18.6 Å². The van der Waals surface area contributed by atoms with Gasteiger partial charge in [0.15, 0.2) is 12.4 Å². The van der Waals surface area contributed by atoms with E-state index in [2.05, 4.69) is 5.32 Å². The molecule has 2 aromatic rings. The molecule has 7 nitrogen and oxygen atoms in total. The van der Waals surface area contributed by atoms with Crippen LogP contribution >= 0.6 is 0 Å². The lowest BCUT2D eigenvalue weighted by atomic mass is 10.1. The molecule has 0 fully saturated rings. The first-order chi connectivity index (χ1) is 13.9. The Labute approximate surface area is 170 Å². The summed E-state index contributed by atoms with van der Waals surface area (Å²) in [6, 6.07) is 12.1. The number of hydrogen-bond acceptors (Lipinski definition) is 6. The smallest absolute Gasteiger partial charge is 0.306 e. The van der Waals surface area contributed by atoms with Crippen molar-refractivity contribution in [2.45, 2.75) is 26.7 Å². The summed E-state index contributed by atoms with van der Waals surface area (Å²) in [5.74, 6) is -0.0920. The Kier molecular flexibility index (Phi) is 8.21. The number of carbonyl (C=O) groups is 3. The summed E-state index contributed by atoms with van der Waals surface area (Å²) < 4.78 is 15.5. The van der Waals surface area contributed by atoms with E-state index in [1.165, 1.54) is 7.11 Å². The highest BCUT2D eigenvalue weighted by Gasteiger charge is 2.13. The lowest BCUT2D eigenvalue weighted by Crippen LogP contribution is -2.21. The molecule has 1 amide bonds. The molecule has 0 saturated heterocycles. The summed E-state index contributed by atoms with van der Waals surface area (Å²) in [4.78, 5) is 36.0. The Morgan fingerprint density at radius 2 is 1.72 bits per heavy atom. The van der Waals surface area contributed by atoms with Crippen LogP contribution in [0.5, 0.6) is 11.5 Å². The van der Waals surface area contributed by atoms with Crippen LogP contribution in [0.25, 0.3) is 0 Å². The molecule has 0 aliphatic carbocycles. The number of Topliss-reactive ketones (excluding diaryl/α,β-unsaturated/α-hetero) is 1. The number of ketones is 1. The molecular formula is C22H25NO6. The fraction of sp³-hybridized carbons (Fsp3) is 0.318. The summed E-state index contributed by atoms with van der Waals surface area (Å²) >= 11 is 0. The lowest BCUT2D eigenvalue weighted by Gasteiger charge is -2.11. The van der Waals surface area contributed by atoms with Crippen molar-refractivity contribution < 1.29 is 28.6 Å². The molecule has 0 radical (unpaired) electrons. The average Bonchev–Trinajstić information content (AvgIpc) is 2.71. The highest BCUT2D eigenvalue weighted by Crippen LogP contribution is 2.25. The van der Waals surface area contributed by atoms with Crippen LogP contribution in [0, 0.1) is 6.92 Å². The van der Waals surface area contributed by atoms with Crippen LogP contribution in [0.15, 0.2) is 42.5 Å². The number of ether oxygens (including phenoxy) is 3. The standard InChI is InChI=1S/C22H25NO6/c1-4-28-17-8-6-16(7-9-17)19(24)10-12-22(26)29-14-21(25)23-18-13-15(2)5-11-20(18)27-3/h5-9,11,13H,4,10,12,14H2,1-3H3,(H,23,25). The zero-order valence-electron chi connectivity index (χ0n) is 16.8. The van der Waals surface area contributed by atoms with Gasteiger partial charge in [-0.05, 0) is 55.8 Å². The molecule has 0 atom stereocenters. The van der Waals surface area contributed by atoms with Gasteiger partial charge in [-0.1, -0.05) is 6.07 Å². The summed E-state index contributed by atoms with van der Waals surface area (Å²) in [5, 5.41) is 2.64. The minimum atomic E-state index is -0.615. The van der Waals surface area contributed by atoms with Crippen LogP contribution in [0.1, 0.15) is 35.7 Å². The van der Waals surface area contributed by atoms with Crippen molar-refractivity contribution in [3.05, 3.63) is 53.6 Å². The third-order valence-electron chi connectivity index (χ3n) is 4.04. The van der Waals surface area contributed by atoms with E-state index in [1.54, 1.807) is 36.4 Å². The molecule has 7 heteroatoms. The number of hydrogen-bond donors (Lipinski definition) is 1. The highest BCUT2D eigenvalue weighted by molar-refractivity contribution is 5.98. The summed E-state index contributed by atoms with van der Waals surface area (Å²) in [6.45, 7) is 3.87. The van der Waals surface area contributed by atoms with Crippen LogP contribution in [0.2, 0.25) is 0 Å². The molecule has 0 heterocycles. The first-order valence-corrected chi connectivity index (χ1v) is 9.29. The predicted molar refractivity (Wildman–Crippen MR) is 108 cm³/mol. The monoisotopic (exact) mass is 399 g/mol. The molecule has 0 spiro atoms.